The van der Waals surface area contributed by atoms with Gasteiger partial charge in [0.05, 0.1) is 13.2 Å². The number of benzene rings is 3. The highest BCUT2D eigenvalue weighted by Gasteiger charge is 2.42. The number of carbonyl (C=O) groups is 1. The first-order chi connectivity index (χ1) is 17.2. The number of ether oxygens (including phenoxy) is 2. The predicted octanol–water partition coefficient (Wildman–Crippen LogP) is 5.22. The van der Waals surface area contributed by atoms with E-state index < -0.39 is 11.7 Å². The van der Waals surface area contributed by atoms with E-state index in [9.17, 15) is 9.90 Å². The average Bonchev–Trinajstić information content (AvgIpc) is 2.87. The number of hydrogen-bond donors (Lipinski definition) is 3. The van der Waals surface area contributed by atoms with Crippen molar-refractivity contribution < 1.29 is 19.4 Å². The first-order valence-electron chi connectivity index (χ1n) is 12.5. The van der Waals surface area contributed by atoms with Gasteiger partial charge in [-0.05, 0) is 93.2 Å². The van der Waals surface area contributed by atoms with E-state index in [2.05, 4.69) is 41.8 Å². The van der Waals surface area contributed by atoms with E-state index in [-0.39, 0.29) is 11.9 Å². The quantitative estimate of drug-likeness (QED) is 0.405. The third-order valence-corrected chi connectivity index (χ3v) is 6.90. The zero-order valence-corrected chi connectivity index (χ0v) is 21.7. The molecule has 0 aromatic heterocycles. The smallest absolute Gasteiger partial charge is 0.255 e. The molecule has 36 heavy (non-hydrogen) atoms. The molecule has 3 N–H and O–H groups in total. The van der Waals surface area contributed by atoms with E-state index in [1.165, 1.54) is 11.1 Å². The number of carbonyl (C=O) groups excluding carboxylic acids is 1. The van der Waals surface area contributed by atoms with Crippen LogP contribution in [0.2, 0.25) is 0 Å². The molecule has 3 aromatic carbocycles. The summed E-state index contributed by atoms with van der Waals surface area (Å²) in [4.78, 5) is 13.1. The standard InChI is InChI=1S/C30H36N2O4/c1-6-20-7-9-21(10-8-20)15-16-31-27-24-18-22(11-14-26(24)36-30(3,4)28(27)33)29(34)32-25-13-12-23(35-5)17-19(25)2/h7-14,17-18,27-28,31,33H,6,15-16H2,1-5H3,(H,32,34)/t27-,28+/m1/s1. The van der Waals surface area contributed by atoms with Crippen LogP contribution in [-0.2, 0) is 12.8 Å². The van der Waals surface area contributed by atoms with Gasteiger partial charge < -0.3 is 25.2 Å². The van der Waals surface area contributed by atoms with Crippen molar-refractivity contribution in [1.82, 2.24) is 5.32 Å². The van der Waals surface area contributed by atoms with Crippen molar-refractivity contribution in [2.75, 3.05) is 19.0 Å². The second kappa shape index (κ2) is 10.7. The fourth-order valence-corrected chi connectivity index (χ4v) is 4.57. The molecule has 1 amide bonds. The van der Waals surface area contributed by atoms with E-state index >= 15 is 0 Å². The summed E-state index contributed by atoms with van der Waals surface area (Å²) in [5.74, 6) is 1.19. The number of anilines is 1. The number of hydrogen-bond acceptors (Lipinski definition) is 5. The van der Waals surface area contributed by atoms with Gasteiger partial charge in [-0.25, -0.2) is 0 Å². The molecule has 0 aliphatic carbocycles. The Kier molecular flexibility index (Phi) is 7.67. The topological polar surface area (TPSA) is 79.8 Å². The van der Waals surface area contributed by atoms with E-state index in [0.29, 0.717) is 17.9 Å². The summed E-state index contributed by atoms with van der Waals surface area (Å²) in [5, 5.41) is 17.7. The van der Waals surface area contributed by atoms with Crippen molar-refractivity contribution in [3.8, 4) is 11.5 Å². The van der Waals surface area contributed by atoms with Gasteiger partial charge in [0.15, 0.2) is 0 Å². The maximum atomic E-state index is 13.1. The predicted molar refractivity (Wildman–Crippen MR) is 143 cm³/mol. The van der Waals surface area contributed by atoms with Gasteiger partial charge in [-0.2, -0.15) is 0 Å². The normalized spacial score (nSPS) is 18.2. The van der Waals surface area contributed by atoms with Crippen molar-refractivity contribution in [1.29, 1.82) is 0 Å². The molecule has 0 unspecified atom stereocenters. The van der Waals surface area contributed by atoms with E-state index in [0.717, 1.165) is 35.4 Å². The lowest BCUT2D eigenvalue weighted by Gasteiger charge is -2.42. The summed E-state index contributed by atoms with van der Waals surface area (Å²) in [7, 11) is 1.62. The number of aryl methyl sites for hydroxylation is 2. The third kappa shape index (κ3) is 5.55. The van der Waals surface area contributed by atoms with Crippen molar-refractivity contribution in [2.24, 2.45) is 0 Å². The highest BCUT2D eigenvalue weighted by atomic mass is 16.5. The molecule has 0 fully saturated rings. The van der Waals surface area contributed by atoms with Gasteiger partial charge in [0.25, 0.3) is 5.91 Å². The SMILES string of the molecule is CCc1ccc(CCN[C@@H]2c3cc(C(=O)Nc4ccc(OC)cc4C)ccc3OC(C)(C)[C@H]2O)cc1. The summed E-state index contributed by atoms with van der Waals surface area (Å²) in [6.45, 7) is 8.52. The molecule has 0 saturated heterocycles. The number of fused-ring (bicyclic) bond motifs is 1. The van der Waals surface area contributed by atoms with Crippen LogP contribution in [-0.4, -0.2) is 36.4 Å². The summed E-state index contributed by atoms with van der Waals surface area (Å²) in [6, 6.07) is 19.2. The Labute approximate surface area is 213 Å². The number of amides is 1. The summed E-state index contributed by atoms with van der Waals surface area (Å²) in [5.41, 5.74) is 4.70. The summed E-state index contributed by atoms with van der Waals surface area (Å²) in [6.07, 6.45) is 1.07. The molecule has 0 saturated carbocycles. The second-order valence-corrected chi connectivity index (χ2v) is 9.89. The van der Waals surface area contributed by atoms with Gasteiger partial charge in [0.2, 0.25) is 0 Å². The molecule has 0 radical (unpaired) electrons. The molecular weight excluding hydrogens is 452 g/mol. The molecule has 1 aliphatic rings. The van der Waals surface area contributed by atoms with Crippen LogP contribution in [0, 0.1) is 6.92 Å². The second-order valence-electron chi connectivity index (χ2n) is 9.89. The lowest BCUT2D eigenvalue weighted by atomic mass is 9.85. The molecule has 1 aliphatic heterocycles. The Hall–Kier alpha value is -3.35. The Morgan fingerprint density at radius 2 is 1.78 bits per heavy atom. The van der Waals surface area contributed by atoms with Crippen LogP contribution in [0.25, 0.3) is 0 Å². The lowest BCUT2D eigenvalue weighted by molar-refractivity contribution is -0.0644. The number of nitrogens with one attached hydrogen (secondary N) is 2. The van der Waals surface area contributed by atoms with E-state index in [1.807, 2.05) is 51.1 Å². The van der Waals surface area contributed by atoms with Crippen molar-refractivity contribution in [3.05, 3.63) is 88.5 Å². The molecule has 2 atom stereocenters. The minimum absolute atomic E-state index is 0.222. The van der Waals surface area contributed by atoms with Crippen LogP contribution in [0.5, 0.6) is 11.5 Å². The number of methoxy groups -OCH3 is 1. The van der Waals surface area contributed by atoms with Gasteiger partial charge in [0, 0.05) is 16.8 Å². The van der Waals surface area contributed by atoms with Crippen LogP contribution in [0.4, 0.5) is 5.69 Å². The zero-order chi connectivity index (χ0) is 25.9. The summed E-state index contributed by atoms with van der Waals surface area (Å²) >= 11 is 0. The van der Waals surface area contributed by atoms with Crippen molar-refractivity contribution in [2.45, 2.75) is 58.3 Å². The molecule has 6 heteroatoms. The molecular formula is C30H36N2O4. The van der Waals surface area contributed by atoms with Crippen LogP contribution in [0.1, 0.15) is 59.4 Å². The molecule has 6 nitrogen and oxygen atoms in total. The summed E-state index contributed by atoms with van der Waals surface area (Å²) < 4.78 is 11.4. The van der Waals surface area contributed by atoms with Crippen molar-refractivity contribution in [3.63, 3.8) is 0 Å². The molecule has 190 valence electrons. The maximum absolute atomic E-state index is 13.1. The first kappa shape index (κ1) is 25.7. The van der Waals surface area contributed by atoms with Gasteiger partial charge >= 0.3 is 0 Å². The highest BCUT2D eigenvalue weighted by Crippen LogP contribution is 2.40. The van der Waals surface area contributed by atoms with Gasteiger partial charge in [-0.15, -0.1) is 0 Å². The maximum Gasteiger partial charge on any atom is 0.255 e. The number of aliphatic hydroxyl groups excluding tert-OH is 1. The fourth-order valence-electron chi connectivity index (χ4n) is 4.57. The number of rotatable bonds is 8. The third-order valence-electron chi connectivity index (χ3n) is 6.90. The minimum Gasteiger partial charge on any atom is -0.497 e. The van der Waals surface area contributed by atoms with E-state index in [4.69, 9.17) is 9.47 Å². The van der Waals surface area contributed by atoms with Gasteiger partial charge in [-0.1, -0.05) is 31.2 Å². The largest absolute Gasteiger partial charge is 0.497 e. The van der Waals surface area contributed by atoms with Crippen LogP contribution in [0.15, 0.2) is 60.7 Å². The van der Waals surface area contributed by atoms with E-state index in [1.54, 1.807) is 13.2 Å². The Bertz CT molecular complexity index is 1220. The molecule has 0 spiro atoms. The fraction of sp³-hybridized carbons (Fsp3) is 0.367. The monoisotopic (exact) mass is 488 g/mol. The Morgan fingerprint density at radius 3 is 2.44 bits per heavy atom. The molecule has 4 rings (SSSR count). The van der Waals surface area contributed by atoms with Crippen LogP contribution >= 0.6 is 0 Å². The van der Waals surface area contributed by atoms with Crippen LogP contribution < -0.4 is 20.1 Å². The lowest BCUT2D eigenvalue weighted by Crippen LogP contribution is -2.52. The Balaban J connectivity index is 1.53. The molecule has 0 bridgehead atoms. The number of aliphatic hydroxyl groups is 1. The van der Waals surface area contributed by atoms with Gasteiger partial charge in [-0.3, -0.25) is 4.79 Å². The zero-order valence-electron chi connectivity index (χ0n) is 21.7. The first-order valence-corrected chi connectivity index (χ1v) is 12.5. The Morgan fingerprint density at radius 1 is 1.06 bits per heavy atom. The average molecular weight is 489 g/mol. The minimum atomic E-state index is -0.783. The molecule has 3 aromatic rings. The van der Waals surface area contributed by atoms with Gasteiger partial charge in [0.1, 0.15) is 23.2 Å². The highest BCUT2D eigenvalue weighted by molar-refractivity contribution is 6.05. The van der Waals surface area contributed by atoms with Crippen LogP contribution in [0.3, 0.4) is 0 Å². The van der Waals surface area contributed by atoms with Crippen molar-refractivity contribution >= 4 is 11.6 Å². The molecule has 1 heterocycles.